The molecule has 6 nitrogen and oxygen atoms in total. The monoisotopic (exact) mass is 384 g/mol. The van der Waals surface area contributed by atoms with E-state index in [0.29, 0.717) is 17.6 Å². The van der Waals surface area contributed by atoms with Crippen LogP contribution in [0.2, 0.25) is 0 Å². The van der Waals surface area contributed by atoms with Crippen molar-refractivity contribution in [1.82, 2.24) is 25.1 Å². The molecule has 2 aromatic rings. The minimum Gasteiger partial charge on any atom is -0.369 e. The van der Waals surface area contributed by atoms with Gasteiger partial charge in [-0.1, -0.05) is 12.8 Å². The third-order valence-corrected chi connectivity index (χ3v) is 4.65. The molecule has 106 valence electrons. The minimum atomic E-state index is 0.545. The third kappa shape index (κ3) is 2.63. The van der Waals surface area contributed by atoms with E-state index in [-0.39, 0.29) is 0 Å². The Morgan fingerprint density at radius 1 is 1.35 bits per heavy atom. The Morgan fingerprint density at radius 3 is 2.80 bits per heavy atom. The molecule has 7 heteroatoms. The summed E-state index contributed by atoms with van der Waals surface area (Å²) >= 11 is 2.35. The summed E-state index contributed by atoms with van der Waals surface area (Å²) in [6.07, 6.45) is 6.50. The van der Waals surface area contributed by atoms with E-state index in [1.165, 1.54) is 32.0 Å². The van der Waals surface area contributed by atoms with Crippen molar-refractivity contribution in [3.05, 3.63) is 15.6 Å². The Hall–Kier alpha value is -1.25. The summed E-state index contributed by atoms with van der Waals surface area (Å²) in [6.45, 7) is 2.91. The molecule has 2 heterocycles. The lowest BCUT2D eigenvalue weighted by Crippen LogP contribution is -2.10. The number of hydrogen-bond donors (Lipinski definition) is 2. The van der Waals surface area contributed by atoms with Gasteiger partial charge in [0.1, 0.15) is 12.1 Å². The van der Waals surface area contributed by atoms with Gasteiger partial charge in [-0.05, 0) is 42.4 Å². The third-order valence-electron chi connectivity index (χ3n) is 3.59. The number of nitrogens with one attached hydrogen (secondary N) is 2. The van der Waals surface area contributed by atoms with Gasteiger partial charge in [0.05, 0.1) is 9.26 Å². The quantitative estimate of drug-likeness (QED) is 0.793. The van der Waals surface area contributed by atoms with E-state index < -0.39 is 0 Å². The predicted octanol–water partition coefficient (Wildman–Crippen LogP) is 2.96. The smallest absolute Gasteiger partial charge is 0.199 e. The zero-order chi connectivity index (χ0) is 13.9. The van der Waals surface area contributed by atoms with Crippen molar-refractivity contribution in [3.8, 4) is 11.6 Å². The van der Waals surface area contributed by atoms with Crippen LogP contribution in [0, 0.1) is 3.57 Å². The van der Waals surface area contributed by atoms with Crippen molar-refractivity contribution in [2.75, 3.05) is 11.9 Å². The van der Waals surface area contributed by atoms with E-state index in [0.717, 1.165) is 21.6 Å². The van der Waals surface area contributed by atoms with Gasteiger partial charge in [-0.3, -0.25) is 5.10 Å². The van der Waals surface area contributed by atoms with Gasteiger partial charge in [-0.25, -0.2) is 15.0 Å². The molecular weight excluding hydrogens is 367 g/mol. The van der Waals surface area contributed by atoms with Crippen molar-refractivity contribution < 1.29 is 0 Å². The summed E-state index contributed by atoms with van der Waals surface area (Å²) in [7, 11) is 0. The van der Waals surface area contributed by atoms with Gasteiger partial charge in [-0.2, -0.15) is 5.10 Å². The molecule has 0 unspecified atom stereocenters. The summed E-state index contributed by atoms with van der Waals surface area (Å²) in [4.78, 5) is 13.5. The molecular formula is C13H17IN6. The van der Waals surface area contributed by atoms with E-state index in [4.69, 9.17) is 4.98 Å². The highest BCUT2D eigenvalue weighted by molar-refractivity contribution is 14.1. The first-order valence-electron chi connectivity index (χ1n) is 6.96. The van der Waals surface area contributed by atoms with Crippen LogP contribution in [0.3, 0.4) is 0 Å². The van der Waals surface area contributed by atoms with Gasteiger partial charge in [0.25, 0.3) is 0 Å². The molecule has 0 aliphatic heterocycles. The lowest BCUT2D eigenvalue weighted by Gasteiger charge is -2.15. The largest absolute Gasteiger partial charge is 0.369 e. The van der Waals surface area contributed by atoms with Crippen LogP contribution in [0.4, 0.5) is 5.82 Å². The van der Waals surface area contributed by atoms with Crippen molar-refractivity contribution in [2.45, 2.75) is 38.5 Å². The molecule has 1 aliphatic carbocycles. The Morgan fingerprint density at radius 2 is 2.15 bits per heavy atom. The maximum atomic E-state index is 4.75. The van der Waals surface area contributed by atoms with Crippen molar-refractivity contribution in [2.24, 2.45) is 0 Å². The van der Waals surface area contributed by atoms with Gasteiger partial charge in [0.2, 0.25) is 0 Å². The lowest BCUT2D eigenvalue weighted by atomic mass is 10.0. The number of H-pyrrole nitrogens is 1. The second-order valence-corrected chi connectivity index (χ2v) is 6.02. The Bertz CT molecular complexity index is 577. The van der Waals surface area contributed by atoms with Gasteiger partial charge >= 0.3 is 0 Å². The second-order valence-electron chi connectivity index (χ2n) is 4.94. The van der Waals surface area contributed by atoms with Crippen molar-refractivity contribution in [3.63, 3.8) is 0 Å². The van der Waals surface area contributed by atoms with Gasteiger partial charge in [0.15, 0.2) is 11.6 Å². The standard InChI is InChI=1S/C13H17IN6/c1-2-15-11-9(14)10(8-5-3-4-6-8)18-13(19-11)12-16-7-17-20-12/h7-8H,2-6H2,1H3,(H,15,18,19)(H,16,17,20). The highest BCUT2D eigenvalue weighted by atomic mass is 127. The summed E-state index contributed by atoms with van der Waals surface area (Å²) in [5, 5.41) is 10.1. The van der Waals surface area contributed by atoms with Crippen LogP contribution in [0.15, 0.2) is 6.33 Å². The summed E-state index contributed by atoms with van der Waals surface area (Å²) in [6, 6.07) is 0. The van der Waals surface area contributed by atoms with E-state index in [9.17, 15) is 0 Å². The zero-order valence-corrected chi connectivity index (χ0v) is 13.5. The summed E-state index contributed by atoms with van der Waals surface area (Å²) in [5.74, 6) is 2.70. The van der Waals surface area contributed by atoms with Crippen LogP contribution in [0.1, 0.15) is 44.2 Å². The molecule has 0 saturated heterocycles. The molecule has 0 bridgehead atoms. The first-order valence-corrected chi connectivity index (χ1v) is 8.04. The summed E-state index contributed by atoms with van der Waals surface area (Å²) in [5.41, 5.74) is 1.15. The van der Waals surface area contributed by atoms with E-state index in [1.54, 1.807) is 0 Å². The number of aromatic amines is 1. The minimum absolute atomic E-state index is 0.545. The lowest BCUT2D eigenvalue weighted by molar-refractivity contribution is 0.690. The number of rotatable bonds is 4. The van der Waals surface area contributed by atoms with Crippen LogP contribution >= 0.6 is 22.6 Å². The molecule has 0 radical (unpaired) electrons. The van der Waals surface area contributed by atoms with Crippen LogP contribution in [0.5, 0.6) is 0 Å². The molecule has 2 aromatic heterocycles. The second kappa shape index (κ2) is 6.02. The number of hydrogen-bond acceptors (Lipinski definition) is 5. The van der Waals surface area contributed by atoms with E-state index in [2.05, 4.69) is 55.0 Å². The van der Waals surface area contributed by atoms with E-state index >= 15 is 0 Å². The predicted molar refractivity (Wildman–Crippen MR) is 85.5 cm³/mol. The normalized spacial score (nSPS) is 15.7. The fraction of sp³-hybridized carbons (Fsp3) is 0.538. The maximum absolute atomic E-state index is 4.75. The average molecular weight is 384 g/mol. The Labute approximate surface area is 131 Å². The van der Waals surface area contributed by atoms with Crippen LogP contribution < -0.4 is 5.32 Å². The van der Waals surface area contributed by atoms with Crippen molar-refractivity contribution in [1.29, 1.82) is 0 Å². The van der Waals surface area contributed by atoms with E-state index in [1.807, 2.05) is 0 Å². The van der Waals surface area contributed by atoms with Crippen LogP contribution in [-0.4, -0.2) is 31.7 Å². The molecule has 1 saturated carbocycles. The SMILES string of the molecule is CCNc1nc(-c2ncn[nH]2)nc(C2CCCC2)c1I. The number of anilines is 1. The molecule has 20 heavy (non-hydrogen) atoms. The highest BCUT2D eigenvalue weighted by Gasteiger charge is 2.24. The molecule has 1 aliphatic rings. The fourth-order valence-corrected chi connectivity index (χ4v) is 3.51. The highest BCUT2D eigenvalue weighted by Crippen LogP contribution is 2.37. The number of aromatic nitrogens is 5. The Balaban J connectivity index is 2.07. The molecule has 0 atom stereocenters. The van der Waals surface area contributed by atoms with Gasteiger partial charge in [0, 0.05) is 12.5 Å². The van der Waals surface area contributed by atoms with Crippen LogP contribution in [0.25, 0.3) is 11.6 Å². The molecule has 0 spiro atoms. The first-order chi connectivity index (χ1) is 9.79. The van der Waals surface area contributed by atoms with Gasteiger partial charge in [-0.15, -0.1) is 0 Å². The topological polar surface area (TPSA) is 79.4 Å². The number of halogens is 1. The Kier molecular flexibility index (Phi) is 4.13. The first kappa shape index (κ1) is 13.7. The zero-order valence-electron chi connectivity index (χ0n) is 11.4. The van der Waals surface area contributed by atoms with Gasteiger partial charge < -0.3 is 5.32 Å². The van der Waals surface area contributed by atoms with Crippen molar-refractivity contribution >= 4 is 28.4 Å². The molecule has 2 N–H and O–H groups in total. The molecule has 0 amide bonds. The number of nitrogens with zero attached hydrogens (tertiary/aromatic N) is 4. The van der Waals surface area contributed by atoms with Crippen LogP contribution in [-0.2, 0) is 0 Å². The fourth-order valence-electron chi connectivity index (χ4n) is 2.64. The maximum Gasteiger partial charge on any atom is 0.199 e. The average Bonchev–Trinajstić information content (AvgIpc) is 3.14. The molecule has 0 aromatic carbocycles. The molecule has 3 rings (SSSR count). The molecule has 1 fully saturated rings. The summed E-state index contributed by atoms with van der Waals surface area (Å²) < 4.78 is 1.14.